The zero-order valence-electron chi connectivity index (χ0n) is 41.8. The second-order valence-corrected chi connectivity index (χ2v) is 20.3. The van der Waals surface area contributed by atoms with Crippen LogP contribution in [0.3, 0.4) is 0 Å². The first-order valence-corrected chi connectivity index (χ1v) is 26.4. The molecule has 2 heteroatoms. The van der Waals surface area contributed by atoms with Crippen molar-refractivity contribution in [3.8, 4) is 39.1 Å². The van der Waals surface area contributed by atoms with Crippen LogP contribution in [0.2, 0.25) is 0 Å². The third-order valence-corrected chi connectivity index (χ3v) is 16.6. The molecule has 0 atom stereocenters. The maximum atomic E-state index is 2.52. The Kier molecular flexibility index (Phi) is 10.0. The van der Waals surface area contributed by atoms with Crippen molar-refractivity contribution in [2.45, 2.75) is 10.8 Å². The van der Waals surface area contributed by atoms with E-state index < -0.39 is 10.8 Å². The summed E-state index contributed by atoms with van der Waals surface area (Å²) in [6, 6.07) is 112. The van der Waals surface area contributed by atoms with Crippen LogP contribution in [0.25, 0.3) is 60.9 Å². The molecule has 1 heterocycles. The standard InChI is InChI=1S/C74H50N2/c1-5-22-53(23-6-1)73(54-24-7-2-8-25-54)65-34-17-13-30-60(65)64-50-59(48-49-67(64)73)75(57-44-40-51(41-45-57)52-42-46-58(47-43-52)76-69-37-19-15-31-61(69)62-32-16-20-38-70(62)76)71-39-21-36-68-72(71)63-33-14-18-35-66(63)74(68,55-26-9-3-10-27-55)56-28-11-4-12-29-56/h1-50H. The van der Waals surface area contributed by atoms with Gasteiger partial charge in [-0.25, -0.2) is 0 Å². The molecule has 2 aliphatic rings. The van der Waals surface area contributed by atoms with Crippen molar-refractivity contribution in [1.29, 1.82) is 0 Å². The van der Waals surface area contributed by atoms with Crippen molar-refractivity contribution < 1.29 is 0 Å². The molecule has 76 heavy (non-hydrogen) atoms. The second kappa shape index (κ2) is 17.4. The third-order valence-electron chi connectivity index (χ3n) is 16.6. The summed E-state index contributed by atoms with van der Waals surface area (Å²) >= 11 is 0. The van der Waals surface area contributed by atoms with Gasteiger partial charge in [0.25, 0.3) is 0 Å². The van der Waals surface area contributed by atoms with Gasteiger partial charge in [-0.2, -0.15) is 0 Å². The number of nitrogens with zero attached hydrogens (tertiary/aromatic N) is 2. The molecule has 13 aromatic rings. The fourth-order valence-electron chi connectivity index (χ4n) is 13.5. The Bertz CT molecular complexity index is 4180. The van der Waals surface area contributed by atoms with Crippen molar-refractivity contribution in [3.63, 3.8) is 0 Å². The first-order chi connectivity index (χ1) is 37.7. The number of anilines is 3. The molecule has 0 aliphatic heterocycles. The largest absolute Gasteiger partial charge is 0.310 e. The van der Waals surface area contributed by atoms with Crippen LogP contribution in [0.1, 0.15) is 44.5 Å². The third kappa shape index (κ3) is 6.34. The minimum Gasteiger partial charge on any atom is -0.310 e. The molecule has 0 fully saturated rings. The monoisotopic (exact) mass is 966 g/mol. The van der Waals surface area contributed by atoms with Crippen LogP contribution in [0.4, 0.5) is 17.1 Å². The predicted molar refractivity (Wildman–Crippen MR) is 316 cm³/mol. The predicted octanol–water partition coefficient (Wildman–Crippen LogP) is 18.6. The SMILES string of the molecule is c1ccc(C2(c3ccccc3)c3ccccc3-c3cc(N(c4ccc(-c5ccc(-n6c7ccccc7c7ccccc76)cc5)cc4)c4cccc5c4-c4ccccc4C5(c4ccccc4)c4ccccc4)ccc32)cc1. The highest BCUT2D eigenvalue weighted by Crippen LogP contribution is 2.61. The van der Waals surface area contributed by atoms with E-state index in [0.717, 1.165) is 28.3 Å². The van der Waals surface area contributed by atoms with Gasteiger partial charge < -0.3 is 9.47 Å². The van der Waals surface area contributed by atoms with Crippen LogP contribution in [0.15, 0.2) is 303 Å². The maximum absolute atomic E-state index is 2.52. The lowest BCUT2D eigenvalue weighted by Crippen LogP contribution is -2.28. The molecular formula is C74H50N2. The highest BCUT2D eigenvalue weighted by molar-refractivity contribution is 6.09. The molecule has 0 unspecified atom stereocenters. The zero-order valence-corrected chi connectivity index (χ0v) is 41.8. The first kappa shape index (κ1) is 43.8. The van der Waals surface area contributed by atoms with Gasteiger partial charge >= 0.3 is 0 Å². The molecule has 2 aliphatic carbocycles. The van der Waals surface area contributed by atoms with E-state index in [1.165, 1.54) is 94.1 Å². The highest BCUT2D eigenvalue weighted by atomic mass is 15.1. The zero-order chi connectivity index (χ0) is 50.2. The molecule has 0 N–H and O–H groups in total. The summed E-state index contributed by atoms with van der Waals surface area (Å²) in [5, 5.41) is 2.53. The average Bonchev–Trinajstić information content (AvgIpc) is 4.33. The maximum Gasteiger partial charge on any atom is 0.0714 e. The number of hydrogen-bond donors (Lipinski definition) is 0. The summed E-state index contributed by atoms with van der Waals surface area (Å²) in [7, 11) is 0. The number of benzene rings is 12. The van der Waals surface area contributed by atoms with Crippen molar-refractivity contribution >= 4 is 38.9 Å². The van der Waals surface area contributed by atoms with Gasteiger partial charge in [-0.1, -0.05) is 249 Å². The number of aromatic nitrogens is 1. The molecule has 0 amide bonds. The Morgan fingerprint density at radius 1 is 0.276 bits per heavy atom. The molecule has 0 saturated carbocycles. The van der Waals surface area contributed by atoms with Gasteiger partial charge in [0.1, 0.15) is 0 Å². The summed E-state index contributed by atoms with van der Waals surface area (Å²) in [5.41, 5.74) is 23.2. The molecule has 15 rings (SSSR count). The van der Waals surface area contributed by atoms with Crippen LogP contribution in [-0.4, -0.2) is 4.57 Å². The lowest BCUT2D eigenvalue weighted by molar-refractivity contribution is 0.768. The van der Waals surface area contributed by atoms with Crippen LogP contribution < -0.4 is 4.90 Å². The van der Waals surface area contributed by atoms with Crippen LogP contribution >= 0.6 is 0 Å². The van der Waals surface area contributed by atoms with E-state index in [1.807, 2.05) is 0 Å². The quantitative estimate of drug-likeness (QED) is 0.140. The number of rotatable bonds is 9. The molecule has 0 radical (unpaired) electrons. The van der Waals surface area contributed by atoms with Crippen LogP contribution in [0.5, 0.6) is 0 Å². The smallest absolute Gasteiger partial charge is 0.0714 e. The summed E-state index contributed by atoms with van der Waals surface area (Å²) < 4.78 is 2.38. The van der Waals surface area contributed by atoms with E-state index in [2.05, 4.69) is 313 Å². The Morgan fingerprint density at radius 3 is 1.24 bits per heavy atom. The fraction of sp³-hybridized carbons (Fsp3) is 0.0270. The summed E-state index contributed by atoms with van der Waals surface area (Å²) in [6.07, 6.45) is 0. The molecule has 356 valence electrons. The first-order valence-electron chi connectivity index (χ1n) is 26.4. The minimum atomic E-state index is -0.548. The summed E-state index contributed by atoms with van der Waals surface area (Å²) in [5.74, 6) is 0. The Hall–Kier alpha value is -9.76. The normalized spacial score (nSPS) is 13.5. The molecule has 12 aromatic carbocycles. The van der Waals surface area contributed by atoms with Gasteiger partial charge in [-0.15, -0.1) is 0 Å². The average molecular weight is 967 g/mol. The molecule has 2 nitrogen and oxygen atoms in total. The number of fused-ring (bicyclic) bond motifs is 9. The van der Waals surface area contributed by atoms with Gasteiger partial charge in [-0.05, 0) is 127 Å². The topological polar surface area (TPSA) is 8.17 Å². The molecule has 1 aromatic heterocycles. The lowest BCUT2D eigenvalue weighted by atomic mass is 9.67. The van der Waals surface area contributed by atoms with Gasteiger partial charge in [0.05, 0.1) is 27.6 Å². The van der Waals surface area contributed by atoms with E-state index >= 15 is 0 Å². The second-order valence-electron chi connectivity index (χ2n) is 20.3. The number of hydrogen-bond acceptors (Lipinski definition) is 1. The fourth-order valence-corrected chi connectivity index (χ4v) is 13.5. The van der Waals surface area contributed by atoms with Crippen LogP contribution in [0, 0.1) is 0 Å². The van der Waals surface area contributed by atoms with E-state index in [1.54, 1.807) is 0 Å². The van der Waals surface area contributed by atoms with Gasteiger partial charge in [0.15, 0.2) is 0 Å². The van der Waals surface area contributed by atoms with E-state index in [-0.39, 0.29) is 0 Å². The van der Waals surface area contributed by atoms with Crippen molar-refractivity contribution in [3.05, 3.63) is 348 Å². The van der Waals surface area contributed by atoms with E-state index in [9.17, 15) is 0 Å². The Balaban J connectivity index is 0.934. The van der Waals surface area contributed by atoms with Gasteiger partial charge in [0.2, 0.25) is 0 Å². The van der Waals surface area contributed by atoms with Crippen LogP contribution in [-0.2, 0) is 10.8 Å². The molecular weight excluding hydrogens is 917 g/mol. The van der Waals surface area contributed by atoms with Crippen molar-refractivity contribution in [1.82, 2.24) is 4.57 Å². The van der Waals surface area contributed by atoms with Crippen molar-refractivity contribution in [2.75, 3.05) is 4.90 Å². The minimum absolute atomic E-state index is 0.506. The summed E-state index contributed by atoms with van der Waals surface area (Å²) in [6.45, 7) is 0. The number of para-hydroxylation sites is 2. The van der Waals surface area contributed by atoms with Gasteiger partial charge in [0, 0.05) is 33.4 Å². The lowest BCUT2D eigenvalue weighted by Gasteiger charge is -2.35. The van der Waals surface area contributed by atoms with E-state index in [0.29, 0.717) is 0 Å². The molecule has 0 spiro atoms. The summed E-state index contributed by atoms with van der Waals surface area (Å²) in [4.78, 5) is 2.52. The van der Waals surface area contributed by atoms with Gasteiger partial charge in [-0.3, -0.25) is 0 Å². The Morgan fingerprint density at radius 2 is 0.684 bits per heavy atom. The highest BCUT2D eigenvalue weighted by Gasteiger charge is 2.49. The Labute approximate surface area is 443 Å². The van der Waals surface area contributed by atoms with Crippen molar-refractivity contribution in [2.24, 2.45) is 0 Å². The molecule has 0 bridgehead atoms. The molecule has 0 saturated heterocycles. The van der Waals surface area contributed by atoms with E-state index in [4.69, 9.17) is 0 Å².